The van der Waals surface area contributed by atoms with Crippen LogP contribution < -0.4 is 10.5 Å². The molecule has 0 saturated heterocycles. The minimum absolute atomic E-state index is 0.575. The predicted octanol–water partition coefficient (Wildman–Crippen LogP) is 1.93. The van der Waals surface area contributed by atoms with Crippen molar-refractivity contribution in [2.24, 2.45) is 5.73 Å². The molecule has 1 aromatic carbocycles. The molecule has 0 fully saturated rings. The molecule has 2 heteroatoms. The first kappa shape index (κ1) is 8.65. The Balaban J connectivity index is 3.23. The summed E-state index contributed by atoms with van der Waals surface area (Å²) >= 11 is 0. The van der Waals surface area contributed by atoms with Gasteiger partial charge in [0.25, 0.3) is 0 Å². The molecule has 0 amide bonds. The van der Waals surface area contributed by atoms with Crippen LogP contribution in [0.5, 0.6) is 5.75 Å². The maximum atomic E-state index is 5.59. The minimum atomic E-state index is 0.575. The van der Waals surface area contributed by atoms with Crippen molar-refractivity contribution < 1.29 is 4.74 Å². The third-order valence-electron chi connectivity index (χ3n) is 1.85. The monoisotopic (exact) mass is 163 g/mol. The van der Waals surface area contributed by atoms with Crippen molar-refractivity contribution >= 4 is 5.70 Å². The Bertz CT molecular complexity index is 305. The zero-order chi connectivity index (χ0) is 9.14. The topological polar surface area (TPSA) is 35.2 Å². The van der Waals surface area contributed by atoms with Gasteiger partial charge in [0.15, 0.2) is 0 Å². The Morgan fingerprint density at radius 2 is 2.17 bits per heavy atom. The number of nitrogens with two attached hydrogens (primary N) is 1. The molecule has 0 spiro atoms. The molecule has 0 saturated carbocycles. The van der Waals surface area contributed by atoms with Crippen molar-refractivity contribution in [3.8, 4) is 5.75 Å². The van der Waals surface area contributed by atoms with Crippen LogP contribution >= 0.6 is 0 Å². The summed E-state index contributed by atoms with van der Waals surface area (Å²) in [4.78, 5) is 0. The molecule has 1 rings (SSSR count). The molecule has 2 N–H and O–H groups in total. The van der Waals surface area contributed by atoms with Gasteiger partial charge in [-0.2, -0.15) is 0 Å². The third-order valence-corrected chi connectivity index (χ3v) is 1.85. The van der Waals surface area contributed by atoms with Crippen LogP contribution in [0.1, 0.15) is 11.1 Å². The van der Waals surface area contributed by atoms with E-state index < -0.39 is 0 Å². The Hall–Kier alpha value is -1.44. The van der Waals surface area contributed by atoms with Crippen molar-refractivity contribution in [1.29, 1.82) is 0 Å². The van der Waals surface area contributed by atoms with Gasteiger partial charge in [0.05, 0.1) is 7.11 Å². The Morgan fingerprint density at radius 3 is 2.67 bits per heavy atom. The fourth-order valence-electron chi connectivity index (χ4n) is 1.18. The first-order chi connectivity index (χ1) is 5.66. The third kappa shape index (κ3) is 1.42. The fourth-order valence-corrected chi connectivity index (χ4v) is 1.18. The second kappa shape index (κ2) is 3.30. The summed E-state index contributed by atoms with van der Waals surface area (Å²) in [5, 5.41) is 0. The molecule has 2 nitrogen and oxygen atoms in total. The maximum Gasteiger partial charge on any atom is 0.122 e. The summed E-state index contributed by atoms with van der Waals surface area (Å²) in [5.41, 5.74) is 8.15. The van der Waals surface area contributed by atoms with Gasteiger partial charge in [0.2, 0.25) is 0 Å². The lowest BCUT2D eigenvalue weighted by Crippen LogP contribution is -1.98. The second-order valence-corrected chi connectivity index (χ2v) is 2.66. The van der Waals surface area contributed by atoms with E-state index in [9.17, 15) is 0 Å². The molecule has 1 aromatic rings. The molecule has 0 radical (unpaired) electrons. The largest absolute Gasteiger partial charge is 0.496 e. The van der Waals surface area contributed by atoms with Gasteiger partial charge in [0, 0.05) is 16.8 Å². The van der Waals surface area contributed by atoms with Crippen molar-refractivity contribution in [3.05, 3.63) is 35.9 Å². The van der Waals surface area contributed by atoms with E-state index >= 15 is 0 Å². The summed E-state index contributed by atoms with van der Waals surface area (Å²) in [6, 6.07) is 5.74. The molecule has 0 atom stereocenters. The summed E-state index contributed by atoms with van der Waals surface area (Å²) in [6.07, 6.45) is 0. The first-order valence-corrected chi connectivity index (χ1v) is 3.75. The Kier molecular flexibility index (Phi) is 2.38. The molecule has 64 valence electrons. The van der Waals surface area contributed by atoms with E-state index in [-0.39, 0.29) is 0 Å². The molecule has 0 aliphatic rings. The number of hydrogen-bond acceptors (Lipinski definition) is 2. The highest BCUT2D eigenvalue weighted by atomic mass is 16.5. The Morgan fingerprint density at radius 1 is 1.50 bits per heavy atom. The first-order valence-electron chi connectivity index (χ1n) is 3.75. The SMILES string of the molecule is C=C(N)c1cccc(OC)c1C. The molecule has 0 aromatic heterocycles. The van der Waals surface area contributed by atoms with E-state index in [0.29, 0.717) is 5.70 Å². The fraction of sp³-hybridized carbons (Fsp3) is 0.200. The molecule has 0 unspecified atom stereocenters. The highest BCUT2D eigenvalue weighted by molar-refractivity contribution is 5.65. The van der Waals surface area contributed by atoms with Gasteiger partial charge >= 0.3 is 0 Å². The predicted molar refractivity (Wildman–Crippen MR) is 51.0 cm³/mol. The van der Waals surface area contributed by atoms with Crippen LogP contribution in [0.25, 0.3) is 5.70 Å². The summed E-state index contributed by atoms with van der Waals surface area (Å²) in [7, 11) is 1.64. The average Bonchev–Trinajstić information content (AvgIpc) is 2.04. The van der Waals surface area contributed by atoms with Crippen LogP contribution in [0.15, 0.2) is 24.8 Å². The van der Waals surface area contributed by atoms with Gasteiger partial charge in [-0.3, -0.25) is 0 Å². The number of ether oxygens (including phenoxy) is 1. The number of methoxy groups -OCH3 is 1. The van der Waals surface area contributed by atoms with Gasteiger partial charge in [-0.15, -0.1) is 0 Å². The average molecular weight is 163 g/mol. The van der Waals surface area contributed by atoms with Gasteiger partial charge in [0.1, 0.15) is 5.75 Å². The van der Waals surface area contributed by atoms with Crippen molar-refractivity contribution in [3.63, 3.8) is 0 Å². The van der Waals surface area contributed by atoms with E-state index in [0.717, 1.165) is 16.9 Å². The van der Waals surface area contributed by atoms with Gasteiger partial charge in [-0.05, 0) is 13.0 Å². The van der Waals surface area contributed by atoms with Gasteiger partial charge in [-0.1, -0.05) is 18.7 Å². The van der Waals surface area contributed by atoms with Crippen molar-refractivity contribution in [1.82, 2.24) is 0 Å². The van der Waals surface area contributed by atoms with Crippen LogP contribution in [0.4, 0.5) is 0 Å². The number of hydrogen-bond donors (Lipinski definition) is 1. The molecule has 0 heterocycles. The van der Waals surface area contributed by atoms with Crippen LogP contribution in [0.3, 0.4) is 0 Å². The van der Waals surface area contributed by atoms with E-state index in [1.54, 1.807) is 7.11 Å². The van der Waals surface area contributed by atoms with Crippen LogP contribution in [0, 0.1) is 6.92 Å². The summed E-state index contributed by atoms with van der Waals surface area (Å²) in [6.45, 7) is 5.65. The maximum absolute atomic E-state index is 5.59. The molecular weight excluding hydrogens is 150 g/mol. The van der Waals surface area contributed by atoms with E-state index in [2.05, 4.69) is 6.58 Å². The van der Waals surface area contributed by atoms with E-state index in [1.165, 1.54) is 0 Å². The zero-order valence-electron chi connectivity index (χ0n) is 7.42. The summed E-state index contributed by atoms with van der Waals surface area (Å²) in [5.74, 6) is 0.846. The van der Waals surface area contributed by atoms with Crippen molar-refractivity contribution in [2.75, 3.05) is 7.11 Å². The highest BCUT2D eigenvalue weighted by Crippen LogP contribution is 2.23. The van der Waals surface area contributed by atoms with Crippen LogP contribution in [0.2, 0.25) is 0 Å². The number of rotatable bonds is 2. The minimum Gasteiger partial charge on any atom is -0.496 e. The van der Waals surface area contributed by atoms with Crippen LogP contribution in [-0.4, -0.2) is 7.11 Å². The van der Waals surface area contributed by atoms with Crippen LogP contribution in [-0.2, 0) is 0 Å². The molecule has 12 heavy (non-hydrogen) atoms. The van der Waals surface area contributed by atoms with Gasteiger partial charge < -0.3 is 10.5 Å². The zero-order valence-corrected chi connectivity index (χ0v) is 7.42. The van der Waals surface area contributed by atoms with E-state index in [4.69, 9.17) is 10.5 Å². The lowest BCUT2D eigenvalue weighted by molar-refractivity contribution is 0.411. The van der Waals surface area contributed by atoms with Gasteiger partial charge in [-0.25, -0.2) is 0 Å². The standard InChI is InChI=1S/C10H13NO/c1-7-9(8(2)11)5-4-6-10(7)12-3/h4-6H,2,11H2,1,3H3. The lowest BCUT2D eigenvalue weighted by Gasteiger charge is -2.08. The second-order valence-electron chi connectivity index (χ2n) is 2.66. The summed E-state index contributed by atoms with van der Waals surface area (Å²) < 4.78 is 5.14. The molecule has 0 aliphatic carbocycles. The van der Waals surface area contributed by atoms with Crippen molar-refractivity contribution in [2.45, 2.75) is 6.92 Å². The molecule has 0 bridgehead atoms. The molecular formula is C10H13NO. The molecule has 0 aliphatic heterocycles. The quantitative estimate of drug-likeness (QED) is 0.723. The van der Waals surface area contributed by atoms with E-state index in [1.807, 2.05) is 25.1 Å². The normalized spacial score (nSPS) is 9.50. The lowest BCUT2D eigenvalue weighted by atomic mass is 10.1. The Labute approximate surface area is 72.7 Å². The number of benzene rings is 1. The smallest absolute Gasteiger partial charge is 0.122 e. The highest BCUT2D eigenvalue weighted by Gasteiger charge is 2.03.